The summed E-state index contributed by atoms with van der Waals surface area (Å²) >= 11 is 3.25. The van der Waals surface area contributed by atoms with Crippen molar-refractivity contribution >= 4 is 39.3 Å². The fourth-order valence-corrected chi connectivity index (χ4v) is 5.17. The van der Waals surface area contributed by atoms with Gasteiger partial charge in [-0.25, -0.2) is 19.3 Å². The largest absolute Gasteiger partial charge is 0.376 e. The third-order valence-electron chi connectivity index (χ3n) is 5.17. The topological polar surface area (TPSA) is 62.7 Å². The molecule has 0 saturated carbocycles. The van der Waals surface area contributed by atoms with Crippen molar-refractivity contribution in [3.63, 3.8) is 0 Å². The van der Waals surface area contributed by atoms with E-state index in [4.69, 9.17) is 4.98 Å². The first-order chi connectivity index (χ1) is 16.5. The molecule has 5 nitrogen and oxygen atoms in total. The maximum Gasteiger partial charge on any atom is 0.188 e. The smallest absolute Gasteiger partial charge is 0.188 e. The summed E-state index contributed by atoms with van der Waals surface area (Å²) in [6.45, 7) is 14.1. The Balaban J connectivity index is 0.00000158. The Morgan fingerprint density at radius 3 is 2.50 bits per heavy atom. The van der Waals surface area contributed by atoms with Crippen LogP contribution in [0.1, 0.15) is 48.1 Å². The van der Waals surface area contributed by atoms with Crippen molar-refractivity contribution in [2.45, 2.75) is 46.6 Å². The molecule has 0 saturated heterocycles. The number of benzene rings is 1. The average Bonchev–Trinajstić information content (AvgIpc) is 3.46. The van der Waals surface area contributed by atoms with E-state index < -0.39 is 0 Å². The zero-order valence-corrected chi connectivity index (χ0v) is 21.6. The number of rotatable bonds is 8. The third-order valence-corrected chi connectivity index (χ3v) is 7.25. The first-order valence-electron chi connectivity index (χ1n) is 11.1. The summed E-state index contributed by atoms with van der Waals surface area (Å²) < 4.78 is 14.2. The van der Waals surface area contributed by atoms with Gasteiger partial charge in [-0.3, -0.25) is 0 Å². The van der Waals surface area contributed by atoms with Gasteiger partial charge in [-0.05, 0) is 56.0 Å². The van der Waals surface area contributed by atoms with E-state index in [1.54, 1.807) is 34.8 Å². The predicted octanol–water partition coefficient (Wildman–Crippen LogP) is 8.09. The van der Waals surface area contributed by atoms with Gasteiger partial charge < -0.3 is 10.6 Å². The van der Waals surface area contributed by atoms with Crippen LogP contribution in [0.4, 0.5) is 21.0 Å². The average molecular weight is 496 g/mol. The molecule has 0 aliphatic heterocycles. The van der Waals surface area contributed by atoms with Crippen LogP contribution in [0.25, 0.3) is 10.6 Å². The van der Waals surface area contributed by atoms with Crippen molar-refractivity contribution in [2.24, 2.45) is 0 Å². The first-order valence-corrected chi connectivity index (χ1v) is 12.8. The SMILES string of the molecule is C=C.CCc1nc(C)c(-c2csc(Nc3ccc(C(CC)Nc4ccc(C)cc4F)cn3)n2)s1. The first kappa shape index (κ1) is 25.5. The molecule has 0 radical (unpaired) electrons. The van der Waals surface area contributed by atoms with E-state index >= 15 is 0 Å². The standard InChI is InChI=1S/C24H26FN5S2.C2H4/c1-5-18(28-19-9-7-14(3)11-17(19)25)16-8-10-21(26-12-16)30-24-29-20(13-31-24)23-15(4)27-22(6-2)32-23;1-2/h7-13,18,28H,5-6H2,1-4H3,(H,26,29,30);1-2H2. The Morgan fingerprint density at radius 1 is 1.09 bits per heavy atom. The molecule has 8 heteroatoms. The van der Waals surface area contributed by atoms with E-state index in [0.717, 1.165) is 56.2 Å². The number of halogens is 1. The second kappa shape index (κ2) is 11.9. The molecule has 34 heavy (non-hydrogen) atoms. The molecule has 1 aromatic carbocycles. The molecule has 3 aromatic heterocycles. The van der Waals surface area contributed by atoms with Crippen molar-refractivity contribution in [3.05, 3.63) is 82.7 Å². The molecule has 178 valence electrons. The van der Waals surface area contributed by atoms with Crippen LogP contribution in [-0.4, -0.2) is 15.0 Å². The van der Waals surface area contributed by atoms with Gasteiger partial charge >= 0.3 is 0 Å². The number of thiazole rings is 2. The van der Waals surface area contributed by atoms with Gasteiger partial charge in [0.2, 0.25) is 0 Å². The van der Waals surface area contributed by atoms with E-state index in [-0.39, 0.29) is 11.9 Å². The van der Waals surface area contributed by atoms with Crippen LogP contribution in [0.5, 0.6) is 0 Å². The number of nitrogens with zero attached hydrogens (tertiary/aromatic N) is 3. The number of aryl methyl sites for hydroxylation is 3. The highest BCUT2D eigenvalue weighted by Gasteiger charge is 2.14. The summed E-state index contributed by atoms with van der Waals surface area (Å²) in [7, 11) is 0. The monoisotopic (exact) mass is 495 g/mol. The van der Waals surface area contributed by atoms with Crippen LogP contribution in [0.3, 0.4) is 0 Å². The summed E-state index contributed by atoms with van der Waals surface area (Å²) in [5.74, 6) is 0.484. The van der Waals surface area contributed by atoms with Gasteiger partial charge in [0.05, 0.1) is 33.0 Å². The molecule has 3 heterocycles. The lowest BCUT2D eigenvalue weighted by Gasteiger charge is -2.19. The van der Waals surface area contributed by atoms with Crippen LogP contribution in [0.15, 0.2) is 55.1 Å². The van der Waals surface area contributed by atoms with E-state index in [0.29, 0.717) is 5.69 Å². The Labute approximate surface area is 208 Å². The van der Waals surface area contributed by atoms with Crippen LogP contribution in [-0.2, 0) is 6.42 Å². The molecule has 0 bridgehead atoms. The molecule has 4 rings (SSSR count). The van der Waals surface area contributed by atoms with Crippen molar-refractivity contribution in [3.8, 4) is 10.6 Å². The van der Waals surface area contributed by atoms with Gasteiger partial charge in [-0.1, -0.05) is 26.0 Å². The fourth-order valence-electron chi connectivity index (χ4n) is 3.42. The van der Waals surface area contributed by atoms with E-state index in [2.05, 4.69) is 47.6 Å². The minimum atomic E-state index is -0.239. The molecule has 1 atom stereocenters. The third kappa shape index (κ3) is 6.07. The lowest BCUT2D eigenvalue weighted by molar-refractivity contribution is 0.622. The van der Waals surface area contributed by atoms with Gasteiger partial charge in [-0.2, -0.15) is 0 Å². The number of pyridine rings is 1. The van der Waals surface area contributed by atoms with E-state index in [1.807, 2.05) is 43.6 Å². The van der Waals surface area contributed by atoms with Gasteiger partial charge in [0, 0.05) is 11.6 Å². The lowest BCUT2D eigenvalue weighted by atomic mass is 10.1. The summed E-state index contributed by atoms with van der Waals surface area (Å²) in [6.07, 6.45) is 3.57. The van der Waals surface area contributed by atoms with Crippen molar-refractivity contribution in [1.82, 2.24) is 15.0 Å². The van der Waals surface area contributed by atoms with Crippen LogP contribution in [0.2, 0.25) is 0 Å². The number of hydrogen-bond acceptors (Lipinski definition) is 7. The lowest BCUT2D eigenvalue weighted by Crippen LogP contribution is -2.11. The number of nitrogens with one attached hydrogen (secondary N) is 2. The molecule has 1 unspecified atom stereocenters. The number of hydrogen-bond donors (Lipinski definition) is 2. The zero-order chi connectivity index (χ0) is 24.7. The van der Waals surface area contributed by atoms with Crippen molar-refractivity contribution < 1.29 is 4.39 Å². The molecule has 0 spiro atoms. The number of aromatic nitrogens is 3. The molecule has 0 fully saturated rings. The van der Waals surface area contributed by atoms with Crippen LogP contribution in [0, 0.1) is 19.7 Å². The quantitative estimate of drug-likeness (QED) is 0.242. The highest BCUT2D eigenvalue weighted by atomic mass is 32.1. The molecular formula is C26H30FN5S2. The highest BCUT2D eigenvalue weighted by molar-refractivity contribution is 7.16. The van der Waals surface area contributed by atoms with Gasteiger partial charge in [0.15, 0.2) is 5.13 Å². The molecule has 4 aromatic rings. The second-order valence-electron chi connectivity index (χ2n) is 7.60. The maximum absolute atomic E-state index is 14.2. The summed E-state index contributed by atoms with van der Waals surface area (Å²) in [5, 5.41) is 10.5. The normalized spacial score (nSPS) is 11.4. The predicted molar refractivity (Wildman–Crippen MR) is 144 cm³/mol. The minimum absolute atomic E-state index is 0.0257. The second-order valence-corrected chi connectivity index (χ2v) is 9.55. The van der Waals surface area contributed by atoms with E-state index in [9.17, 15) is 4.39 Å². The Kier molecular flexibility index (Phi) is 8.90. The molecule has 0 amide bonds. The Morgan fingerprint density at radius 2 is 1.88 bits per heavy atom. The summed E-state index contributed by atoms with van der Waals surface area (Å²) in [6, 6.07) is 9.15. The van der Waals surface area contributed by atoms with Gasteiger partial charge in [0.1, 0.15) is 11.6 Å². The summed E-state index contributed by atoms with van der Waals surface area (Å²) in [5.41, 5.74) is 4.38. The molecule has 0 aliphatic rings. The molecule has 0 aliphatic carbocycles. The van der Waals surface area contributed by atoms with E-state index in [1.165, 1.54) is 0 Å². The minimum Gasteiger partial charge on any atom is -0.376 e. The molecular weight excluding hydrogens is 465 g/mol. The van der Waals surface area contributed by atoms with Gasteiger partial charge in [-0.15, -0.1) is 35.8 Å². The van der Waals surface area contributed by atoms with Crippen molar-refractivity contribution in [2.75, 3.05) is 10.6 Å². The van der Waals surface area contributed by atoms with Crippen molar-refractivity contribution in [1.29, 1.82) is 0 Å². The Bertz CT molecular complexity index is 1220. The van der Waals surface area contributed by atoms with Crippen LogP contribution >= 0.6 is 22.7 Å². The molecule has 2 N–H and O–H groups in total. The Hall–Kier alpha value is -3.10. The maximum atomic E-state index is 14.2. The van der Waals surface area contributed by atoms with Gasteiger partial charge in [0.25, 0.3) is 0 Å². The van der Waals surface area contributed by atoms with Crippen LogP contribution < -0.4 is 10.6 Å². The number of anilines is 3. The zero-order valence-electron chi connectivity index (χ0n) is 20.0. The fraction of sp³-hybridized carbons (Fsp3) is 0.269. The highest BCUT2D eigenvalue weighted by Crippen LogP contribution is 2.33. The summed E-state index contributed by atoms with van der Waals surface area (Å²) in [4.78, 5) is 15.0.